The second-order valence-corrected chi connectivity index (χ2v) is 6.13. The molecule has 8 nitrogen and oxygen atoms in total. The third kappa shape index (κ3) is 5.47. The molecule has 0 heterocycles. The van der Waals surface area contributed by atoms with Gasteiger partial charge in [-0.25, -0.2) is 4.79 Å². The number of esters is 1. The van der Waals surface area contributed by atoms with Crippen molar-refractivity contribution in [2.75, 3.05) is 11.9 Å². The largest absolute Gasteiger partial charge is 0.454 e. The molecule has 0 spiro atoms. The van der Waals surface area contributed by atoms with Crippen LogP contribution in [0.4, 0.5) is 11.4 Å². The number of anilines is 1. The number of carbonyl (C=O) groups excluding carboxylic acids is 3. The Morgan fingerprint density at radius 3 is 2.32 bits per heavy atom. The Morgan fingerprint density at radius 2 is 1.71 bits per heavy atom. The predicted molar refractivity (Wildman–Crippen MR) is 102 cm³/mol. The first-order valence-corrected chi connectivity index (χ1v) is 8.67. The van der Waals surface area contributed by atoms with Crippen LogP contribution < -0.4 is 5.32 Å². The number of aryl methyl sites for hydroxylation is 1. The van der Waals surface area contributed by atoms with Crippen molar-refractivity contribution in [1.82, 2.24) is 0 Å². The second-order valence-electron chi connectivity index (χ2n) is 6.13. The zero-order chi connectivity index (χ0) is 20.7. The van der Waals surface area contributed by atoms with Crippen LogP contribution in [-0.2, 0) is 9.53 Å². The van der Waals surface area contributed by atoms with Crippen molar-refractivity contribution >= 4 is 29.0 Å². The number of hydrogen-bond acceptors (Lipinski definition) is 6. The van der Waals surface area contributed by atoms with Gasteiger partial charge in [0.2, 0.25) is 5.91 Å². The fourth-order valence-electron chi connectivity index (χ4n) is 2.42. The number of amides is 1. The van der Waals surface area contributed by atoms with Gasteiger partial charge in [0, 0.05) is 29.3 Å². The van der Waals surface area contributed by atoms with E-state index in [-0.39, 0.29) is 17.2 Å². The maximum absolute atomic E-state index is 12.2. The number of benzene rings is 2. The third-order valence-electron chi connectivity index (χ3n) is 3.94. The molecule has 0 aliphatic heterocycles. The average Bonchev–Trinajstić information content (AvgIpc) is 2.66. The maximum atomic E-state index is 12.2. The summed E-state index contributed by atoms with van der Waals surface area (Å²) in [7, 11) is 0. The van der Waals surface area contributed by atoms with Crippen LogP contribution in [0.15, 0.2) is 42.5 Å². The van der Waals surface area contributed by atoms with Crippen molar-refractivity contribution < 1.29 is 24.0 Å². The molecule has 0 aliphatic carbocycles. The summed E-state index contributed by atoms with van der Waals surface area (Å²) in [6.07, 6.45) is 1.14. The van der Waals surface area contributed by atoms with E-state index in [1.165, 1.54) is 24.3 Å². The van der Waals surface area contributed by atoms with Gasteiger partial charge in [-0.1, -0.05) is 13.0 Å². The summed E-state index contributed by atoms with van der Waals surface area (Å²) < 4.78 is 4.96. The molecule has 0 atom stereocenters. The number of rotatable bonds is 8. The molecule has 2 aromatic rings. The third-order valence-corrected chi connectivity index (χ3v) is 3.94. The summed E-state index contributed by atoms with van der Waals surface area (Å²) in [6, 6.07) is 10.2. The van der Waals surface area contributed by atoms with Crippen molar-refractivity contribution in [2.24, 2.45) is 0 Å². The molecule has 146 valence electrons. The van der Waals surface area contributed by atoms with E-state index in [4.69, 9.17) is 4.74 Å². The molecule has 0 bridgehead atoms. The van der Waals surface area contributed by atoms with Gasteiger partial charge >= 0.3 is 5.97 Å². The van der Waals surface area contributed by atoms with Gasteiger partial charge in [-0.2, -0.15) is 0 Å². The van der Waals surface area contributed by atoms with E-state index in [0.717, 1.165) is 12.5 Å². The summed E-state index contributed by atoms with van der Waals surface area (Å²) in [5, 5.41) is 13.7. The standard InChI is InChI=1S/C20H20N2O6/c1-3-4-19(24)21-16-9-7-14(8-10-16)18(23)12-28-20(25)15-6-5-13(2)17(11-15)22(26)27/h5-11H,3-4,12H2,1-2H3,(H,21,24). The molecule has 2 rings (SSSR count). The van der Waals surface area contributed by atoms with Crippen LogP contribution in [0.5, 0.6) is 0 Å². The monoisotopic (exact) mass is 384 g/mol. The number of hydrogen-bond donors (Lipinski definition) is 1. The average molecular weight is 384 g/mol. The van der Waals surface area contributed by atoms with Gasteiger partial charge in [-0.05, 0) is 43.7 Å². The van der Waals surface area contributed by atoms with Crippen molar-refractivity contribution in [3.05, 3.63) is 69.3 Å². The lowest BCUT2D eigenvalue weighted by Crippen LogP contribution is -2.15. The molecule has 28 heavy (non-hydrogen) atoms. The Kier molecular flexibility index (Phi) is 6.97. The number of carbonyl (C=O) groups is 3. The van der Waals surface area contributed by atoms with Crippen LogP contribution in [0, 0.1) is 17.0 Å². The number of nitro groups is 1. The Hall–Kier alpha value is -3.55. The van der Waals surface area contributed by atoms with Crippen LogP contribution in [0.2, 0.25) is 0 Å². The van der Waals surface area contributed by atoms with Gasteiger partial charge < -0.3 is 10.1 Å². The zero-order valence-corrected chi connectivity index (χ0v) is 15.6. The lowest BCUT2D eigenvalue weighted by Gasteiger charge is -2.07. The molecular weight excluding hydrogens is 364 g/mol. The van der Waals surface area contributed by atoms with E-state index >= 15 is 0 Å². The Morgan fingerprint density at radius 1 is 1.07 bits per heavy atom. The first kappa shape index (κ1) is 20.8. The van der Waals surface area contributed by atoms with E-state index in [2.05, 4.69) is 5.32 Å². The van der Waals surface area contributed by atoms with Crippen molar-refractivity contribution in [3.63, 3.8) is 0 Å². The number of ether oxygens (including phenoxy) is 1. The minimum atomic E-state index is -0.820. The van der Waals surface area contributed by atoms with Gasteiger partial charge in [0.25, 0.3) is 5.69 Å². The maximum Gasteiger partial charge on any atom is 0.338 e. The highest BCUT2D eigenvalue weighted by Crippen LogP contribution is 2.20. The van der Waals surface area contributed by atoms with Gasteiger partial charge in [0.15, 0.2) is 12.4 Å². The van der Waals surface area contributed by atoms with E-state index in [0.29, 0.717) is 23.2 Å². The van der Waals surface area contributed by atoms with Crippen molar-refractivity contribution in [3.8, 4) is 0 Å². The summed E-state index contributed by atoms with van der Waals surface area (Å²) in [6.45, 7) is 2.96. The smallest absolute Gasteiger partial charge is 0.338 e. The number of Topliss-reactive ketones (excluding diaryl/α,β-unsaturated/α-hetero) is 1. The van der Waals surface area contributed by atoms with E-state index in [1.54, 1.807) is 19.1 Å². The predicted octanol–water partition coefficient (Wildman–Crippen LogP) is 3.68. The first-order valence-electron chi connectivity index (χ1n) is 8.67. The molecule has 0 fully saturated rings. The van der Waals surface area contributed by atoms with Crippen molar-refractivity contribution in [2.45, 2.75) is 26.7 Å². The molecular formula is C20H20N2O6. The molecule has 2 aromatic carbocycles. The van der Waals surface area contributed by atoms with Crippen LogP contribution in [0.3, 0.4) is 0 Å². The highest BCUT2D eigenvalue weighted by atomic mass is 16.6. The minimum absolute atomic E-state index is 0.000848. The summed E-state index contributed by atoms with van der Waals surface area (Å²) in [5.74, 6) is -1.36. The molecule has 8 heteroatoms. The van der Waals surface area contributed by atoms with Gasteiger partial charge in [-0.15, -0.1) is 0 Å². The van der Waals surface area contributed by atoms with Crippen LogP contribution >= 0.6 is 0 Å². The molecule has 0 saturated carbocycles. The molecule has 1 N–H and O–H groups in total. The van der Waals surface area contributed by atoms with Crippen LogP contribution in [0.25, 0.3) is 0 Å². The fraction of sp³-hybridized carbons (Fsp3) is 0.250. The van der Waals surface area contributed by atoms with Gasteiger partial charge in [0.05, 0.1) is 10.5 Å². The Labute approximate surface area is 161 Å². The summed E-state index contributed by atoms with van der Waals surface area (Å²) in [4.78, 5) is 46.2. The first-order chi connectivity index (χ1) is 13.3. The highest BCUT2D eigenvalue weighted by molar-refractivity contribution is 6.00. The fourth-order valence-corrected chi connectivity index (χ4v) is 2.42. The number of nitrogens with one attached hydrogen (secondary N) is 1. The highest BCUT2D eigenvalue weighted by Gasteiger charge is 2.17. The molecule has 0 aromatic heterocycles. The quantitative estimate of drug-likeness (QED) is 0.321. The lowest BCUT2D eigenvalue weighted by molar-refractivity contribution is -0.385. The lowest BCUT2D eigenvalue weighted by atomic mass is 10.1. The van der Waals surface area contributed by atoms with Crippen molar-refractivity contribution in [1.29, 1.82) is 0 Å². The molecule has 0 saturated heterocycles. The van der Waals surface area contributed by atoms with E-state index in [9.17, 15) is 24.5 Å². The summed E-state index contributed by atoms with van der Waals surface area (Å²) >= 11 is 0. The van der Waals surface area contributed by atoms with E-state index < -0.39 is 23.3 Å². The van der Waals surface area contributed by atoms with E-state index in [1.807, 2.05) is 6.92 Å². The summed E-state index contributed by atoms with van der Waals surface area (Å²) in [5.41, 5.74) is 1.11. The van der Waals surface area contributed by atoms with Gasteiger partial charge in [0.1, 0.15) is 0 Å². The normalized spacial score (nSPS) is 10.2. The number of nitrogens with zero attached hydrogens (tertiary/aromatic N) is 1. The number of nitro benzene ring substituents is 1. The van der Waals surface area contributed by atoms with Crippen LogP contribution in [0.1, 0.15) is 46.0 Å². The van der Waals surface area contributed by atoms with Gasteiger partial charge in [-0.3, -0.25) is 19.7 Å². The molecule has 0 unspecified atom stereocenters. The molecule has 1 amide bonds. The van der Waals surface area contributed by atoms with Crippen LogP contribution in [-0.4, -0.2) is 29.2 Å². The Balaban J connectivity index is 1.96. The zero-order valence-electron chi connectivity index (χ0n) is 15.6. The number of ketones is 1. The SMILES string of the molecule is CCCC(=O)Nc1ccc(C(=O)COC(=O)c2ccc(C)c([N+](=O)[O-])c2)cc1. The molecule has 0 aliphatic rings. The minimum Gasteiger partial charge on any atom is -0.454 e. The second kappa shape index (κ2) is 9.40. The molecule has 0 radical (unpaired) electrons. The topological polar surface area (TPSA) is 116 Å². The Bertz CT molecular complexity index is 905.